The molecule has 2 aromatic rings. The Morgan fingerprint density at radius 2 is 1.90 bits per heavy atom. The lowest BCUT2D eigenvalue weighted by atomic mass is 10.1. The van der Waals surface area contributed by atoms with Crippen molar-refractivity contribution in [3.63, 3.8) is 0 Å². The van der Waals surface area contributed by atoms with Crippen molar-refractivity contribution in [2.24, 2.45) is 4.99 Å². The lowest BCUT2D eigenvalue weighted by Crippen LogP contribution is -2.63. The van der Waals surface area contributed by atoms with Gasteiger partial charge in [0.25, 0.3) is 5.91 Å². The summed E-state index contributed by atoms with van der Waals surface area (Å²) in [4.78, 5) is 33.8. The standard InChI is InChI=1S/C22H27N6O3/c1-14-8-6-7-9-17(14)13-27-18-19(23-21(27)28-16(3)12-15(2)24-28)25(4)22(30)26(20(18)29)10-11-31-5/h6-9,12,18H,10-11,13H2,1-5H3/q+1. The molecule has 1 unspecified atom stereocenters. The molecule has 0 aliphatic carbocycles. The summed E-state index contributed by atoms with van der Waals surface area (Å²) in [6.45, 7) is 6.83. The molecule has 31 heavy (non-hydrogen) atoms. The van der Waals surface area contributed by atoms with Gasteiger partial charge in [0.05, 0.1) is 25.4 Å². The first kappa shape index (κ1) is 20.9. The molecule has 0 saturated carbocycles. The predicted octanol–water partition coefficient (Wildman–Crippen LogP) is 1.55. The predicted molar refractivity (Wildman–Crippen MR) is 115 cm³/mol. The molecule has 0 bridgehead atoms. The van der Waals surface area contributed by atoms with Crippen LogP contribution in [0.2, 0.25) is 0 Å². The molecular weight excluding hydrogens is 396 g/mol. The second kappa shape index (κ2) is 8.07. The third-order valence-corrected chi connectivity index (χ3v) is 5.71. The van der Waals surface area contributed by atoms with Gasteiger partial charge in [0, 0.05) is 14.2 Å². The molecule has 162 valence electrons. The van der Waals surface area contributed by atoms with Crippen LogP contribution < -0.4 is 0 Å². The smallest absolute Gasteiger partial charge is 0.383 e. The minimum Gasteiger partial charge on any atom is -0.383 e. The molecule has 0 spiro atoms. The molecule has 0 N–H and O–H groups in total. The van der Waals surface area contributed by atoms with Crippen LogP contribution >= 0.6 is 0 Å². The van der Waals surface area contributed by atoms with Crippen molar-refractivity contribution in [2.45, 2.75) is 33.4 Å². The van der Waals surface area contributed by atoms with E-state index in [0.29, 0.717) is 18.3 Å². The Kier molecular flexibility index (Phi) is 5.45. The van der Waals surface area contributed by atoms with Crippen molar-refractivity contribution < 1.29 is 18.9 Å². The first-order valence-electron chi connectivity index (χ1n) is 10.2. The number of urea groups is 1. The number of benzene rings is 1. The van der Waals surface area contributed by atoms with Crippen LogP contribution in [0.4, 0.5) is 4.79 Å². The van der Waals surface area contributed by atoms with E-state index < -0.39 is 12.1 Å². The average Bonchev–Trinajstić information content (AvgIpc) is 3.27. The molecule has 1 saturated heterocycles. The van der Waals surface area contributed by atoms with Crippen LogP contribution in [0.15, 0.2) is 35.3 Å². The summed E-state index contributed by atoms with van der Waals surface area (Å²) in [5.41, 5.74) is 3.96. The van der Waals surface area contributed by atoms with Crippen LogP contribution in [-0.2, 0) is 16.1 Å². The van der Waals surface area contributed by atoms with E-state index >= 15 is 0 Å². The second-order valence-corrected chi connectivity index (χ2v) is 7.89. The summed E-state index contributed by atoms with van der Waals surface area (Å²) >= 11 is 0. The number of carbonyl (C=O) groups excluding carboxylic acids is 2. The topological polar surface area (TPSA) is 83.0 Å². The molecule has 9 nitrogen and oxygen atoms in total. The molecule has 1 fully saturated rings. The summed E-state index contributed by atoms with van der Waals surface area (Å²) in [5, 5.41) is 4.58. The number of nitrogens with zero attached hydrogens (tertiary/aromatic N) is 6. The molecule has 4 rings (SSSR count). The average molecular weight is 423 g/mol. The summed E-state index contributed by atoms with van der Waals surface area (Å²) in [7, 11) is 3.20. The molecule has 3 heterocycles. The zero-order valence-electron chi connectivity index (χ0n) is 18.5. The van der Waals surface area contributed by atoms with Crippen molar-refractivity contribution in [1.29, 1.82) is 0 Å². The van der Waals surface area contributed by atoms with Crippen LogP contribution in [0.3, 0.4) is 0 Å². The number of fused-ring (bicyclic) bond motifs is 1. The maximum atomic E-state index is 13.5. The van der Waals surface area contributed by atoms with Gasteiger partial charge >= 0.3 is 12.0 Å². The summed E-state index contributed by atoms with van der Waals surface area (Å²) in [5.74, 6) is 0.652. The monoisotopic (exact) mass is 423 g/mol. The van der Waals surface area contributed by atoms with Crippen LogP contribution in [0, 0.1) is 20.8 Å². The van der Waals surface area contributed by atoms with Crippen molar-refractivity contribution in [3.05, 3.63) is 52.8 Å². The van der Waals surface area contributed by atoms with E-state index in [2.05, 4.69) is 5.10 Å². The van der Waals surface area contributed by atoms with Crippen LogP contribution in [-0.4, -0.2) is 81.2 Å². The number of hydrogen-bond donors (Lipinski definition) is 0. The first-order valence-corrected chi connectivity index (χ1v) is 10.2. The number of imide groups is 1. The number of aromatic nitrogens is 2. The van der Waals surface area contributed by atoms with Crippen LogP contribution in [0.5, 0.6) is 0 Å². The largest absolute Gasteiger partial charge is 0.421 e. The lowest BCUT2D eigenvalue weighted by molar-refractivity contribution is -0.553. The lowest BCUT2D eigenvalue weighted by Gasteiger charge is -2.34. The highest BCUT2D eigenvalue weighted by Gasteiger charge is 2.53. The van der Waals surface area contributed by atoms with E-state index in [1.807, 2.05) is 55.7 Å². The highest BCUT2D eigenvalue weighted by molar-refractivity contribution is 6.23. The Labute approximate surface area is 181 Å². The third-order valence-electron chi connectivity index (χ3n) is 5.71. The van der Waals surface area contributed by atoms with Gasteiger partial charge < -0.3 is 4.74 Å². The number of methoxy groups -OCH3 is 1. The summed E-state index contributed by atoms with van der Waals surface area (Å²) in [6.07, 6.45) is 0. The third kappa shape index (κ3) is 3.54. The zero-order valence-corrected chi connectivity index (χ0v) is 18.5. The Balaban J connectivity index is 1.85. The van der Waals surface area contributed by atoms with Gasteiger partial charge in [-0.15, -0.1) is 9.78 Å². The molecule has 1 aromatic heterocycles. The van der Waals surface area contributed by atoms with Gasteiger partial charge in [0.1, 0.15) is 5.69 Å². The summed E-state index contributed by atoms with van der Waals surface area (Å²) in [6, 6.07) is 8.90. The fraction of sp³-hybridized carbons (Fsp3) is 0.409. The molecule has 2 aliphatic heterocycles. The Hall–Kier alpha value is -3.33. The Morgan fingerprint density at radius 1 is 1.16 bits per heavy atom. The number of aliphatic imine (C=N–C) groups is 1. The number of amidine groups is 1. The van der Waals surface area contributed by atoms with E-state index in [9.17, 15) is 9.59 Å². The van der Waals surface area contributed by atoms with Crippen molar-refractivity contribution in [2.75, 3.05) is 27.3 Å². The number of aryl methyl sites for hydroxylation is 3. The van der Waals surface area contributed by atoms with Crippen LogP contribution in [0.25, 0.3) is 0 Å². The van der Waals surface area contributed by atoms with Gasteiger partial charge in [-0.2, -0.15) is 0 Å². The minimum atomic E-state index is -0.710. The molecule has 9 heteroatoms. The second-order valence-electron chi connectivity index (χ2n) is 7.89. The maximum absolute atomic E-state index is 13.5. The van der Waals surface area contributed by atoms with Gasteiger partial charge in [-0.25, -0.2) is 9.37 Å². The first-order chi connectivity index (χ1) is 14.8. The van der Waals surface area contributed by atoms with E-state index in [1.54, 1.807) is 18.8 Å². The zero-order chi connectivity index (χ0) is 22.3. The Morgan fingerprint density at radius 3 is 2.55 bits per heavy atom. The van der Waals surface area contributed by atoms with E-state index in [-0.39, 0.29) is 19.1 Å². The van der Waals surface area contributed by atoms with E-state index in [1.165, 1.54) is 9.80 Å². The molecule has 1 aromatic carbocycles. The van der Waals surface area contributed by atoms with Gasteiger partial charge in [-0.05, 0) is 38.0 Å². The molecule has 3 amide bonds. The fourth-order valence-corrected chi connectivity index (χ4v) is 4.03. The highest BCUT2D eigenvalue weighted by Crippen LogP contribution is 2.23. The number of rotatable bonds is 5. The summed E-state index contributed by atoms with van der Waals surface area (Å²) < 4.78 is 8.78. The van der Waals surface area contributed by atoms with Gasteiger partial charge in [0.2, 0.25) is 11.9 Å². The molecule has 1 atom stereocenters. The van der Waals surface area contributed by atoms with Crippen molar-refractivity contribution in [1.82, 2.24) is 19.6 Å². The van der Waals surface area contributed by atoms with E-state index in [0.717, 1.165) is 22.5 Å². The number of amides is 3. The Bertz CT molecular complexity index is 1120. The number of likely N-dealkylation sites (N-methyl/N-ethyl adjacent to an activating group) is 1. The maximum Gasteiger partial charge on any atom is 0.421 e. The van der Waals surface area contributed by atoms with Crippen molar-refractivity contribution in [3.8, 4) is 0 Å². The van der Waals surface area contributed by atoms with Gasteiger partial charge in [-0.3, -0.25) is 14.6 Å². The molecular formula is C22H27N6O3+. The quantitative estimate of drug-likeness (QED) is 0.683. The highest BCUT2D eigenvalue weighted by atomic mass is 16.5. The van der Waals surface area contributed by atoms with Crippen molar-refractivity contribution >= 4 is 23.7 Å². The number of ether oxygens (including phenoxy) is 1. The normalized spacial score (nSPS) is 18.7. The minimum absolute atomic E-state index is 0.190. The van der Waals surface area contributed by atoms with Gasteiger partial charge in [0.15, 0.2) is 0 Å². The van der Waals surface area contributed by atoms with E-state index in [4.69, 9.17) is 9.73 Å². The fourth-order valence-electron chi connectivity index (χ4n) is 4.03. The molecule has 0 radical (unpaired) electrons. The molecule has 2 aliphatic rings. The number of carbonyl (C=O) groups is 2. The number of hydrogen-bond acceptors (Lipinski definition) is 5. The SMILES string of the molecule is COCCN1C(=O)C2C(=NC(n3nc(C)cc3C)=[N+]2Cc2ccccc2C)N(C)C1=O. The van der Waals surface area contributed by atoms with Crippen LogP contribution in [0.1, 0.15) is 22.5 Å². The van der Waals surface area contributed by atoms with Gasteiger partial charge in [-0.1, -0.05) is 29.3 Å².